The van der Waals surface area contributed by atoms with E-state index in [1.807, 2.05) is 0 Å². The van der Waals surface area contributed by atoms with Crippen LogP contribution in [0.1, 0.15) is 25.7 Å². The van der Waals surface area contributed by atoms with E-state index in [4.69, 9.17) is 28.3 Å². The Hall–Kier alpha value is -1.53. The minimum absolute atomic E-state index is 0.0590. The van der Waals surface area contributed by atoms with Crippen molar-refractivity contribution in [3.63, 3.8) is 0 Å². The van der Waals surface area contributed by atoms with Crippen LogP contribution in [0.3, 0.4) is 0 Å². The molecule has 2 atom stereocenters. The summed E-state index contributed by atoms with van der Waals surface area (Å²) in [4.78, 5) is 21.2. The van der Waals surface area contributed by atoms with Gasteiger partial charge in [0.15, 0.2) is 0 Å². The number of carbonyl (C=O) groups is 1. The van der Waals surface area contributed by atoms with Gasteiger partial charge < -0.3 is 10.4 Å². The highest BCUT2D eigenvalue weighted by Crippen LogP contribution is 2.37. The number of anilines is 1. The van der Waals surface area contributed by atoms with Gasteiger partial charge >= 0.3 is 5.97 Å². The van der Waals surface area contributed by atoms with Crippen molar-refractivity contribution < 1.29 is 14.8 Å². The molecule has 0 aromatic heterocycles. The highest BCUT2D eigenvalue weighted by atomic mass is 35.5. The number of nitrogens with one attached hydrogen (secondary N) is 1. The summed E-state index contributed by atoms with van der Waals surface area (Å²) in [6.07, 6.45) is 2.76. The summed E-state index contributed by atoms with van der Waals surface area (Å²) in [5, 5.41) is 23.2. The molecule has 1 aromatic carbocycles. The number of halogens is 2. The van der Waals surface area contributed by atoms with E-state index in [2.05, 4.69) is 5.32 Å². The maximum absolute atomic E-state index is 11.1. The molecule has 8 heteroatoms. The summed E-state index contributed by atoms with van der Waals surface area (Å²) in [6, 6.07) is 2.40. The van der Waals surface area contributed by atoms with Crippen molar-refractivity contribution in [2.24, 2.45) is 5.92 Å². The largest absolute Gasteiger partial charge is 0.481 e. The van der Waals surface area contributed by atoms with Crippen LogP contribution < -0.4 is 5.32 Å². The van der Waals surface area contributed by atoms with Crippen LogP contribution >= 0.6 is 23.2 Å². The highest BCUT2D eigenvalue weighted by molar-refractivity contribution is 6.39. The standard InChI is InChI=1S/C13H14Cl2N2O4/c14-10-5-9(17(20)21)6-11(15)12(10)16-8-3-1-2-7(4-8)13(18)19/h5-8,16H,1-4H2,(H,18,19). The van der Waals surface area contributed by atoms with Crippen LogP contribution in [0.2, 0.25) is 10.0 Å². The van der Waals surface area contributed by atoms with E-state index < -0.39 is 10.9 Å². The SMILES string of the molecule is O=C(O)C1CCCC(Nc2c(Cl)cc([N+](=O)[O-])cc2Cl)C1. The number of aliphatic carboxylic acids is 1. The normalized spacial score (nSPS) is 21.8. The van der Waals surface area contributed by atoms with E-state index in [1.165, 1.54) is 12.1 Å². The lowest BCUT2D eigenvalue weighted by Gasteiger charge is -2.28. The minimum Gasteiger partial charge on any atom is -0.481 e. The zero-order chi connectivity index (χ0) is 15.6. The van der Waals surface area contributed by atoms with Gasteiger partial charge in [0.1, 0.15) is 0 Å². The third-order valence-corrected chi connectivity index (χ3v) is 4.21. The van der Waals surface area contributed by atoms with E-state index >= 15 is 0 Å². The van der Waals surface area contributed by atoms with Crippen molar-refractivity contribution in [3.05, 3.63) is 32.3 Å². The Kier molecular flexibility index (Phi) is 4.90. The number of rotatable bonds is 4. The third-order valence-electron chi connectivity index (χ3n) is 3.61. The quantitative estimate of drug-likeness (QED) is 0.643. The first-order chi connectivity index (χ1) is 9.88. The molecule has 0 aliphatic heterocycles. The van der Waals surface area contributed by atoms with Gasteiger partial charge in [-0.3, -0.25) is 14.9 Å². The first-order valence-corrected chi connectivity index (χ1v) is 7.27. The predicted molar refractivity (Wildman–Crippen MR) is 80.1 cm³/mol. The summed E-state index contributed by atoms with van der Waals surface area (Å²) in [6.45, 7) is 0. The Morgan fingerprint density at radius 1 is 1.33 bits per heavy atom. The molecule has 0 heterocycles. The maximum Gasteiger partial charge on any atom is 0.306 e. The van der Waals surface area contributed by atoms with Crippen molar-refractivity contribution in [1.29, 1.82) is 0 Å². The van der Waals surface area contributed by atoms with E-state index in [-0.39, 0.29) is 27.7 Å². The Bertz CT molecular complexity index is 556. The monoisotopic (exact) mass is 332 g/mol. The lowest BCUT2D eigenvalue weighted by Crippen LogP contribution is -2.31. The molecule has 1 aliphatic rings. The molecule has 0 amide bonds. The van der Waals surface area contributed by atoms with Crippen LogP contribution in [0.5, 0.6) is 0 Å². The topological polar surface area (TPSA) is 92.5 Å². The third kappa shape index (κ3) is 3.77. The van der Waals surface area contributed by atoms with Crippen LogP contribution in [0, 0.1) is 16.0 Å². The number of nitro groups is 1. The van der Waals surface area contributed by atoms with Crippen molar-refractivity contribution in [1.82, 2.24) is 0 Å². The second kappa shape index (κ2) is 6.49. The van der Waals surface area contributed by atoms with Gasteiger partial charge in [-0.05, 0) is 19.3 Å². The van der Waals surface area contributed by atoms with Gasteiger partial charge in [-0.1, -0.05) is 29.6 Å². The van der Waals surface area contributed by atoms with Gasteiger partial charge in [-0.15, -0.1) is 0 Å². The fourth-order valence-corrected chi connectivity index (χ4v) is 3.14. The second-order valence-electron chi connectivity index (χ2n) is 5.08. The molecule has 21 heavy (non-hydrogen) atoms. The number of nitro benzene ring substituents is 1. The molecule has 2 N–H and O–H groups in total. The Labute approximate surface area is 131 Å². The molecule has 2 rings (SSSR count). The lowest BCUT2D eigenvalue weighted by molar-refractivity contribution is -0.384. The summed E-state index contributed by atoms with van der Waals surface area (Å²) in [7, 11) is 0. The molecule has 0 spiro atoms. The van der Waals surface area contributed by atoms with Crippen LogP contribution in [-0.2, 0) is 4.79 Å². The zero-order valence-electron chi connectivity index (χ0n) is 11.0. The molecule has 1 aromatic rings. The first kappa shape index (κ1) is 15.9. The summed E-state index contributed by atoms with van der Waals surface area (Å²) in [5.41, 5.74) is 0.238. The summed E-state index contributed by atoms with van der Waals surface area (Å²) >= 11 is 12.1. The smallest absolute Gasteiger partial charge is 0.306 e. The van der Waals surface area contributed by atoms with E-state index in [0.717, 1.165) is 12.8 Å². The molecule has 0 bridgehead atoms. The molecule has 1 aliphatic carbocycles. The fourth-order valence-electron chi connectivity index (χ4n) is 2.55. The van der Waals surface area contributed by atoms with Gasteiger partial charge in [0.05, 0.1) is 26.6 Å². The molecule has 2 unspecified atom stereocenters. The zero-order valence-corrected chi connectivity index (χ0v) is 12.5. The van der Waals surface area contributed by atoms with Gasteiger partial charge in [0, 0.05) is 18.2 Å². The number of carboxylic acid groups (broad SMARTS) is 1. The van der Waals surface area contributed by atoms with Crippen LogP contribution in [0.15, 0.2) is 12.1 Å². The van der Waals surface area contributed by atoms with Crippen LogP contribution in [0.4, 0.5) is 11.4 Å². The molecule has 1 saturated carbocycles. The van der Waals surface area contributed by atoms with E-state index in [0.29, 0.717) is 18.5 Å². The van der Waals surface area contributed by atoms with Crippen LogP contribution in [0.25, 0.3) is 0 Å². The van der Waals surface area contributed by atoms with Gasteiger partial charge in [-0.25, -0.2) is 0 Å². The molecular weight excluding hydrogens is 319 g/mol. The van der Waals surface area contributed by atoms with Gasteiger partial charge in [0.2, 0.25) is 0 Å². The van der Waals surface area contributed by atoms with E-state index in [1.54, 1.807) is 0 Å². The number of hydrogen-bond acceptors (Lipinski definition) is 4. The average Bonchev–Trinajstić information content (AvgIpc) is 2.42. The number of nitrogens with zero attached hydrogens (tertiary/aromatic N) is 1. The molecule has 114 valence electrons. The number of hydrogen-bond donors (Lipinski definition) is 2. The highest BCUT2D eigenvalue weighted by Gasteiger charge is 2.28. The summed E-state index contributed by atoms with van der Waals surface area (Å²) in [5.74, 6) is -1.19. The molecule has 1 fully saturated rings. The van der Waals surface area contributed by atoms with Crippen molar-refractivity contribution in [2.45, 2.75) is 31.7 Å². The minimum atomic E-state index is -0.803. The predicted octanol–water partition coefficient (Wildman–Crippen LogP) is 3.96. The molecule has 0 radical (unpaired) electrons. The van der Waals surface area contributed by atoms with Crippen molar-refractivity contribution in [2.75, 3.05) is 5.32 Å². The maximum atomic E-state index is 11.1. The van der Waals surface area contributed by atoms with Crippen molar-refractivity contribution in [3.8, 4) is 0 Å². The van der Waals surface area contributed by atoms with E-state index in [9.17, 15) is 14.9 Å². The fraction of sp³-hybridized carbons (Fsp3) is 0.462. The van der Waals surface area contributed by atoms with Crippen LogP contribution in [-0.4, -0.2) is 22.0 Å². The van der Waals surface area contributed by atoms with Crippen molar-refractivity contribution >= 4 is 40.5 Å². The average molecular weight is 333 g/mol. The number of carboxylic acids is 1. The van der Waals surface area contributed by atoms with Gasteiger partial charge in [0.25, 0.3) is 5.69 Å². The number of benzene rings is 1. The lowest BCUT2D eigenvalue weighted by atomic mass is 9.85. The van der Waals surface area contributed by atoms with Gasteiger partial charge in [-0.2, -0.15) is 0 Å². The Balaban J connectivity index is 2.16. The Morgan fingerprint density at radius 2 is 1.95 bits per heavy atom. The first-order valence-electron chi connectivity index (χ1n) is 6.51. The summed E-state index contributed by atoms with van der Waals surface area (Å²) < 4.78 is 0. The second-order valence-corrected chi connectivity index (χ2v) is 5.90. The molecular formula is C13H14Cl2N2O4. The molecule has 0 saturated heterocycles. The Morgan fingerprint density at radius 3 is 2.48 bits per heavy atom. The molecule has 6 nitrogen and oxygen atoms in total. The number of non-ortho nitro benzene ring substituents is 1.